The van der Waals surface area contributed by atoms with E-state index >= 15 is 0 Å². The number of amides is 2. The monoisotopic (exact) mass is 340 g/mol. The zero-order chi connectivity index (χ0) is 16.7. The number of hydrogen-bond donors (Lipinski definition) is 1. The third-order valence-corrected chi connectivity index (χ3v) is 4.88. The van der Waals surface area contributed by atoms with Crippen molar-refractivity contribution in [3.8, 4) is 0 Å². The molecule has 1 fully saturated rings. The maximum atomic E-state index is 12.0. The van der Waals surface area contributed by atoms with Gasteiger partial charge in [0.15, 0.2) is 6.61 Å². The molecular weight excluding hydrogens is 320 g/mol. The molecule has 1 aromatic rings. The lowest BCUT2D eigenvalue weighted by Gasteiger charge is -2.19. The van der Waals surface area contributed by atoms with Crippen molar-refractivity contribution in [2.75, 3.05) is 19.7 Å². The van der Waals surface area contributed by atoms with Crippen molar-refractivity contribution in [1.29, 1.82) is 0 Å². The van der Waals surface area contributed by atoms with Crippen LogP contribution in [0.2, 0.25) is 0 Å². The van der Waals surface area contributed by atoms with Crippen LogP contribution in [0.25, 0.3) is 0 Å². The van der Waals surface area contributed by atoms with Gasteiger partial charge >= 0.3 is 6.09 Å². The second-order valence-electron chi connectivity index (χ2n) is 5.29. The van der Waals surface area contributed by atoms with E-state index in [-0.39, 0.29) is 10.8 Å². The van der Waals surface area contributed by atoms with Gasteiger partial charge in [-0.2, -0.15) is 0 Å². The van der Waals surface area contributed by atoms with Crippen molar-refractivity contribution in [1.82, 2.24) is 9.62 Å². The van der Waals surface area contributed by atoms with Gasteiger partial charge in [-0.3, -0.25) is 4.79 Å². The molecule has 0 aliphatic carbocycles. The molecule has 0 saturated carbocycles. The summed E-state index contributed by atoms with van der Waals surface area (Å²) in [5.41, 5.74) is 0. The number of rotatable bonds is 4. The topological polar surface area (TPSA) is 92.8 Å². The van der Waals surface area contributed by atoms with Crippen molar-refractivity contribution in [3.63, 3.8) is 0 Å². The van der Waals surface area contributed by atoms with Gasteiger partial charge in [0.2, 0.25) is 0 Å². The Morgan fingerprint density at radius 2 is 1.65 bits per heavy atom. The van der Waals surface area contributed by atoms with E-state index < -0.39 is 22.7 Å². The molecule has 0 aromatic heterocycles. The number of benzene rings is 1. The first kappa shape index (κ1) is 17.3. The fourth-order valence-electron chi connectivity index (χ4n) is 2.34. The van der Waals surface area contributed by atoms with Crippen LogP contribution in [0.1, 0.15) is 25.7 Å². The number of carbonyl (C=O) groups is 2. The van der Waals surface area contributed by atoms with Crippen molar-refractivity contribution in [3.05, 3.63) is 30.3 Å². The van der Waals surface area contributed by atoms with Crippen LogP contribution in [0, 0.1) is 0 Å². The number of nitrogens with one attached hydrogen (secondary N) is 1. The summed E-state index contributed by atoms with van der Waals surface area (Å²) < 4.78 is 30.4. The normalized spacial score (nSPS) is 15.6. The Labute approximate surface area is 135 Å². The van der Waals surface area contributed by atoms with Gasteiger partial charge in [0.05, 0.1) is 4.90 Å². The van der Waals surface area contributed by atoms with Crippen LogP contribution < -0.4 is 4.72 Å². The van der Waals surface area contributed by atoms with Gasteiger partial charge in [-0.1, -0.05) is 31.0 Å². The fraction of sp³-hybridized carbons (Fsp3) is 0.467. The first-order valence-electron chi connectivity index (χ1n) is 7.51. The minimum atomic E-state index is -3.99. The van der Waals surface area contributed by atoms with Gasteiger partial charge in [0, 0.05) is 13.1 Å². The van der Waals surface area contributed by atoms with Crippen LogP contribution in [0.3, 0.4) is 0 Å². The van der Waals surface area contributed by atoms with Gasteiger partial charge in [0.25, 0.3) is 15.9 Å². The van der Waals surface area contributed by atoms with E-state index in [9.17, 15) is 18.0 Å². The van der Waals surface area contributed by atoms with Crippen LogP contribution in [-0.2, 0) is 19.6 Å². The number of sulfonamides is 1. The molecule has 1 saturated heterocycles. The van der Waals surface area contributed by atoms with E-state index in [1.807, 2.05) is 0 Å². The molecule has 0 spiro atoms. The Kier molecular flexibility index (Phi) is 5.97. The molecule has 0 radical (unpaired) electrons. The van der Waals surface area contributed by atoms with Crippen molar-refractivity contribution in [2.24, 2.45) is 0 Å². The lowest BCUT2D eigenvalue weighted by molar-refractivity contribution is -0.134. The summed E-state index contributed by atoms with van der Waals surface area (Å²) in [5, 5.41) is 0. The first-order valence-corrected chi connectivity index (χ1v) is 9.00. The number of ether oxygens (including phenoxy) is 1. The van der Waals surface area contributed by atoms with Crippen molar-refractivity contribution < 1.29 is 22.7 Å². The second-order valence-corrected chi connectivity index (χ2v) is 6.97. The maximum absolute atomic E-state index is 12.0. The molecule has 0 unspecified atom stereocenters. The number of nitrogens with zero attached hydrogens (tertiary/aromatic N) is 1. The molecule has 2 rings (SSSR count). The highest BCUT2D eigenvalue weighted by Gasteiger charge is 2.21. The molecule has 1 aliphatic rings. The predicted molar refractivity (Wildman–Crippen MR) is 83.2 cm³/mol. The standard InChI is InChI=1S/C15H20N2O5S/c18-14(17-10-6-1-2-7-11-17)12-22-15(19)16-23(20,21)13-8-4-3-5-9-13/h3-5,8-9H,1-2,6-7,10-12H2,(H,16,19). The Bertz CT molecular complexity index is 637. The van der Waals surface area contributed by atoms with Crippen LogP contribution in [-0.4, -0.2) is 45.0 Å². The highest BCUT2D eigenvalue weighted by molar-refractivity contribution is 7.90. The number of hydrogen-bond acceptors (Lipinski definition) is 5. The highest BCUT2D eigenvalue weighted by Crippen LogP contribution is 2.10. The molecule has 1 N–H and O–H groups in total. The summed E-state index contributed by atoms with van der Waals surface area (Å²) in [7, 11) is -3.99. The van der Waals surface area contributed by atoms with E-state index in [1.165, 1.54) is 12.1 Å². The summed E-state index contributed by atoms with van der Waals surface area (Å²) in [6.07, 6.45) is 2.87. The SMILES string of the molecule is O=C(NS(=O)(=O)c1ccccc1)OCC(=O)N1CCCCCC1. The molecule has 7 nitrogen and oxygen atoms in total. The van der Waals surface area contributed by atoms with E-state index in [2.05, 4.69) is 0 Å². The Morgan fingerprint density at radius 3 is 2.26 bits per heavy atom. The van der Waals surface area contributed by atoms with Crippen LogP contribution in [0.4, 0.5) is 4.79 Å². The van der Waals surface area contributed by atoms with E-state index in [0.717, 1.165) is 25.7 Å². The zero-order valence-corrected chi connectivity index (χ0v) is 13.5. The number of carbonyl (C=O) groups excluding carboxylic acids is 2. The van der Waals surface area contributed by atoms with Gasteiger partial charge < -0.3 is 9.64 Å². The second kappa shape index (κ2) is 7.96. The van der Waals surface area contributed by atoms with Crippen LogP contribution in [0.15, 0.2) is 35.2 Å². The van der Waals surface area contributed by atoms with E-state index in [0.29, 0.717) is 13.1 Å². The lowest BCUT2D eigenvalue weighted by atomic mass is 10.2. The Morgan fingerprint density at radius 1 is 1.04 bits per heavy atom. The van der Waals surface area contributed by atoms with Crippen molar-refractivity contribution >= 4 is 22.0 Å². The molecule has 1 heterocycles. The largest absolute Gasteiger partial charge is 0.439 e. The summed E-state index contributed by atoms with van der Waals surface area (Å²) >= 11 is 0. The molecule has 1 aliphatic heterocycles. The predicted octanol–water partition coefficient (Wildman–Crippen LogP) is 1.50. The third-order valence-electron chi connectivity index (χ3n) is 3.56. The van der Waals surface area contributed by atoms with Gasteiger partial charge in [0.1, 0.15) is 0 Å². The van der Waals surface area contributed by atoms with Crippen LogP contribution >= 0.6 is 0 Å². The molecule has 2 amide bonds. The Balaban J connectivity index is 1.84. The minimum absolute atomic E-state index is 0.0456. The third kappa shape index (κ3) is 5.24. The molecule has 8 heteroatoms. The van der Waals surface area contributed by atoms with Crippen LogP contribution in [0.5, 0.6) is 0 Å². The molecule has 1 aromatic carbocycles. The van der Waals surface area contributed by atoms with Gasteiger partial charge in [-0.25, -0.2) is 17.9 Å². The van der Waals surface area contributed by atoms with Crippen molar-refractivity contribution in [2.45, 2.75) is 30.6 Å². The average molecular weight is 340 g/mol. The fourth-order valence-corrected chi connectivity index (χ4v) is 3.25. The molecule has 0 bridgehead atoms. The zero-order valence-electron chi connectivity index (χ0n) is 12.7. The molecule has 23 heavy (non-hydrogen) atoms. The summed E-state index contributed by atoms with van der Waals surface area (Å²) in [6, 6.07) is 7.47. The molecule has 126 valence electrons. The summed E-state index contributed by atoms with van der Waals surface area (Å²) in [4.78, 5) is 25.2. The van der Waals surface area contributed by atoms with Gasteiger partial charge in [-0.15, -0.1) is 0 Å². The lowest BCUT2D eigenvalue weighted by Crippen LogP contribution is -2.38. The van der Waals surface area contributed by atoms with E-state index in [1.54, 1.807) is 27.8 Å². The number of likely N-dealkylation sites (tertiary alicyclic amines) is 1. The quantitative estimate of drug-likeness (QED) is 0.897. The average Bonchev–Trinajstić information content (AvgIpc) is 2.82. The highest BCUT2D eigenvalue weighted by atomic mass is 32.2. The summed E-state index contributed by atoms with van der Waals surface area (Å²) in [6.45, 7) is 0.828. The van der Waals surface area contributed by atoms with Gasteiger partial charge in [-0.05, 0) is 25.0 Å². The minimum Gasteiger partial charge on any atom is -0.439 e. The van der Waals surface area contributed by atoms with E-state index in [4.69, 9.17) is 4.74 Å². The maximum Gasteiger partial charge on any atom is 0.421 e. The molecular formula is C15H20N2O5S. The summed E-state index contributed by atoms with van der Waals surface area (Å²) in [5.74, 6) is -0.306. The smallest absolute Gasteiger partial charge is 0.421 e. The Hall–Kier alpha value is -2.09. The molecule has 0 atom stereocenters. The first-order chi connectivity index (χ1) is 11.0.